The number of hydrogen-bond donors (Lipinski definition) is 0. The van der Waals surface area contributed by atoms with E-state index in [0.29, 0.717) is 0 Å². The molecular weight excluding hydrogens is 155 g/mol. The van der Waals surface area contributed by atoms with E-state index >= 15 is 0 Å². The van der Waals surface area contributed by atoms with Gasteiger partial charge in [0.25, 0.3) is 0 Å². The second-order valence-electron chi connectivity index (χ2n) is 0.0833. The van der Waals surface area contributed by atoms with Crippen LogP contribution in [0.5, 0.6) is 0 Å². The van der Waals surface area contributed by atoms with Gasteiger partial charge in [-0.15, -0.1) is 0 Å². The minimum atomic E-state index is -2.00. The van der Waals surface area contributed by atoms with Gasteiger partial charge in [-0.05, 0) is 0 Å². The van der Waals surface area contributed by atoms with E-state index in [1.807, 2.05) is 0 Å². The minimum absolute atomic E-state index is 2.00. The zero-order chi connectivity index (χ0) is 4.71. The van der Waals surface area contributed by atoms with Gasteiger partial charge in [-0.25, -0.2) is 0 Å². The van der Waals surface area contributed by atoms with Gasteiger partial charge in [0.2, 0.25) is 0 Å². The van der Waals surface area contributed by atoms with Gasteiger partial charge in [0.15, 0.2) is 0 Å². The van der Waals surface area contributed by atoms with Crippen molar-refractivity contribution in [2.75, 3.05) is 0 Å². The summed E-state index contributed by atoms with van der Waals surface area (Å²) in [7, 11) is 0. The van der Waals surface area contributed by atoms with E-state index in [9.17, 15) is 0 Å². The molecule has 5 heavy (non-hydrogen) atoms. The molecule has 0 aliphatic heterocycles. The van der Waals surface area contributed by atoms with Crippen LogP contribution in [0.4, 0.5) is 0 Å². The fourth-order valence-electron chi connectivity index (χ4n) is 0. The van der Waals surface area contributed by atoms with Gasteiger partial charge in [-0.2, -0.15) is 0 Å². The van der Waals surface area contributed by atoms with Gasteiger partial charge in [0, 0.05) is 0 Å². The van der Waals surface area contributed by atoms with Gasteiger partial charge < -0.3 is 0 Å². The average Bonchev–Trinajstić information content (AvgIpc) is 1.46. The van der Waals surface area contributed by atoms with E-state index in [4.69, 9.17) is 10.5 Å². The molecule has 0 saturated heterocycles. The molecular formula is CoO3Ti. The van der Waals surface area contributed by atoms with Gasteiger partial charge in [0.1, 0.15) is 0 Å². The first kappa shape index (κ1) is 9.15. The third-order valence-corrected chi connectivity index (χ3v) is 0. The Morgan fingerprint density at radius 1 is 1.20 bits per heavy atom. The van der Waals surface area contributed by atoms with Crippen LogP contribution in [-0.4, -0.2) is 0 Å². The predicted octanol–water partition coefficient (Wildman–Crippen LogP) is -0.361. The first-order chi connectivity index (χ1) is 2.41. The Bertz CT molecular complexity index is 36.2. The van der Waals surface area contributed by atoms with Gasteiger partial charge in [-0.1, -0.05) is 0 Å². The molecule has 0 unspecified atom stereocenters. The molecule has 0 rings (SSSR count). The average molecular weight is 155 g/mol. The zero-order valence-electron chi connectivity index (χ0n) is 2.06. The third kappa shape index (κ3) is 82.4. The Morgan fingerprint density at radius 3 is 1.20 bits per heavy atom. The Balaban J connectivity index is 0. The SMILES string of the molecule is [O]=[Co].[O]=[Ti]=[O]. The van der Waals surface area contributed by atoms with Crippen molar-refractivity contribution in [1.82, 2.24) is 0 Å². The third-order valence-electron chi connectivity index (χ3n) is 0. The molecule has 0 heterocycles. The maximum absolute atomic E-state index is 8.50. The van der Waals surface area contributed by atoms with E-state index < -0.39 is 19.1 Å². The van der Waals surface area contributed by atoms with E-state index in [2.05, 4.69) is 15.7 Å². The van der Waals surface area contributed by atoms with Gasteiger partial charge in [0.05, 0.1) is 0 Å². The van der Waals surface area contributed by atoms with Crippen LogP contribution in [0, 0.1) is 0 Å². The van der Waals surface area contributed by atoms with Crippen LogP contribution in [0.2, 0.25) is 0 Å². The van der Waals surface area contributed by atoms with E-state index in [1.54, 1.807) is 0 Å². The molecule has 0 aromatic heterocycles. The fraction of sp³-hybridized carbons (Fsp3) is 0. The summed E-state index contributed by atoms with van der Waals surface area (Å²) in [4.78, 5) is 0. The second-order valence-corrected chi connectivity index (χ2v) is 0.344. The normalized spacial score (nSPS) is 2.60. The molecule has 5 heteroatoms. The molecule has 0 saturated carbocycles. The van der Waals surface area contributed by atoms with E-state index in [-0.39, 0.29) is 0 Å². The van der Waals surface area contributed by atoms with Crippen molar-refractivity contribution in [1.29, 1.82) is 0 Å². The van der Waals surface area contributed by atoms with Crippen LogP contribution < -0.4 is 0 Å². The molecule has 0 radical (unpaired) electrons. The topological polar surface area (TPSA) is 51.2 Å². The molecule has 0 aromatic rings. The summed E-state index contributed by atoms with van der Waals surface area (Å²) < 4.78 is 24.9. The van der Waals surface area contributed by atoms with E-state index in [1.165, 1.54) is 0 Å². The summed E-state index contributed by atoms with van der Waals surface area (Å²) in [5.41, 5.74) is 0. The predicted molar refractivity (Wildman–Crippen MR) is 2.06 cm³/mol. The Labute approximate surface area is 45.5 Å². The zero-order valence-corrected chi connectivity index (χ0v) is 4.66. The monoisotopic (exact) mass is 155 g/mol. The van der Waals surface area contributed by atoms with Crippen molar-refractivity contribution >= 4 is 0 Å². The number of hydrogen-bond acceptors (Lipinski definition) is 3. The van der Waals surface area contributed by atoms with E-state index in [0.717, 1.165) is 0 Å². The van der Waals surface area contributed by atoms with Crippen LogP contribution in [0.25, 0.3) is 0 Å². The summed E-state index contributed by atoms with van der Waals surface area (Å²) in [6.07, 6.45) is 0. The Hall–Kier alpha value is 0.621. The van der Waals surface area contributed by atoms with Gasteiger partial charge >= 0.3 is 45.3 Å². The molecule has 0 aliphatic carbocycles. The van der Waals surface area contributed by atoms with Crippen molar-refractivity contribution in [3.05, 3.63) is 0 Å². The van der Waals surface area contributed by atoms with Crippen molar-refractivity contribution in [2.24, 2.45) is 0 Å². The number of rotatable bonds is 0. The van der Waals surface area contributed by atoms with Crippen LogP contribution in [0.1, 0.15) is 0 Å². The molecule has 0 N–H and O–H groups in total. The van der Waals surface area contributed by atoms with Gasteiger partial charge in [-0.3, -0.25) is 0 Å². The summed E-state index contributed by atoms with van der Waals surface area (Å²) in [6, 6.07) is 0. The molecule has 3 nitrogen and oxygen atoms in total. The molecule has 0 atom stereocenters. The van der Waals surface area contributed by atoms with Crippen LogP contribution >= 0.6 is 0 Å². The second kappa shape index (κ2) is 23.1. The molecule has 0 aliphatic rings. The van der Waals surface area contributed by atoms with Crippen molar-refractivity contribution < 1.29 is 45.3 Å². The van der Waals surface area contributed by atoms with Crippen LogP contribution in [-0.2, 0) is 45.3 Å². The quantitative estimate of drug-likeness (QED) is 0.448. The Morgan fingerprint density at radius 2 is 1.20 bits per heavy atom. The maximum atomic E-state index is 8.50. The van der Waals surface area contributed by atoms with Crippen molar-refractivity contribution in [2.45, 2.75) is 0 Å². The van der Waals surface area contributed by atoms with Crippen LogP contribution in [0.15, 0.2) is 0 Å². The first-order valence-corrected chi connectivity index (χ1v) is 2.24. The molecule has 0 aromatic carbocycles. The molecule has 0 fully saturated rings. The van der Waals surface area contributed by atoms with Crippen LogP contribution in [0.3, 0.4) is 0 Å². The summed E-state index contributed by atoms with van der Waals surface area (Å²) in [5.74, 6) is 0. The summed E-state index contributed by atoms with van der Waals surface area (Å²) in [6.45, 7) is 0. The van der Waals surface area contributed by atoms with Crippen molar-refractivity contribution in [3.8, 4) is 0 Å². The Kier molecular flexibility index (Phi) is 42.2. The summed E-state index contributed by atoms with van der Waals surface area (Å²) >= 11 is 0.312. The molecule has 0 spiro atoms. The molecule has 31 valence electrons. The molecule has 0 amide bonds. The standard InChI is InChI=1S/Co.3O.Ti. The first-order valence-electron chi connectivity index (χ1n) is 0.544. The summed E-state index contributed by atoms with van der Waals surface area (Å²) in [5, 5.41) is 0. The molecule has 0 bridgehead atoms. The van der Waals surface area contributed by atoms with Crippen molar-refractivity contribution in [3.63, 3.8) is 0 Å². The fourth-order valence-corrected chi connectivity index (χ4v) is 0.